The van der Waals surface area contributed by atoms with Gasteiger partial charge >= 0.3 is 0 Å². The van der Waals surface area contributed by atoms with Gasteiger partial charge in [-0.25, -0.2) is 0 Å². The van der Waals surface area contributed by atoms with Crippen LogP contribution in [0.2, 0.25) is 0 Å². The Balaban J connectivity index is 1.55. The number of nitriles is 2. The molecular weight excluding hydrogens is 400 g/mol. The third kappa shape index (κ3) is 3.01. The Morgan fingerprint density at radius 1 is 0.515 bits per heavy atom. The quantitative estimate of drug-likeness (QED) is 0.271. The van der Waals surface area contributed by atoms with Crippen molar-refractivity contribution in [2.45, 2.75) is 6.42 Å². The Hall–Kier alpha value is -4.66. The van der Waals surface area contributed by atoms with Crippen molar-refractivity contribution >= 4 is 43.1 Å². The minimum atomic E-state index is 0.597. The highest BCUT2D eigenvalue weighted by molar-refractivity contribution is 6.10. The summed E-state index contributed by atoms with van der Waals surface area (Å²) in [6, 6.07) is 37.9. The predicted molar refractivity (Wildman–Crippen MR) is 135 cm³/mol. The molecule has 0 heterocycles. The molecule has 0 fully saturated rings. The average molecular weight is 418 g/mol. The van der Waals surface area contributed by atoms with E-state index >= 15 is 0 Å². The smallest absolute Gasteiger partial charge is 0.100 e. The first-order chi connectivity index (χ1) is 16.3. The molecule has 0 N–H and O–H groups in total. The van der Waals surface area contributed by atoms with Gasteiger partial charge < -0.3 is 0 Å². The second kappa shape index (κ2) is 7.49. The fourth-order valence-electron chi connectivity index (χ4n) is 5.00. The number of fused-ring (bicyclic) bond motifs is 6. The van der Waals surface area contributed by atoms with E-state index in [0.717, 1.165) is 48.8 Å². The Morgan fingerprint density at radius 2 is 1.15 bits per heavy atom. The van der Waals surface area contributed by atoms with Gasteiger partial charge in [-0.2, -0.15) is 10.5 Å². The molecule has 0 aromatic heterocycles. The Bertz CT molecular complexity index is 1810. The maximum Gasteiger partial charge on any atom is 0.100 e. The Kier molecular flexibility index (Phi) is 4.32. The molecule has 0 bridgehead atoms. The first-order valence-electron chi connectivity index (χ1n) is 10.9. The number of nitrogens with zero attached hydrogens (tertiary/aromatic N) is 2. The molecule has 0 amide bonds. The van der Waals surface area contributed by atoms with Gasteiger partial charge in [-0.1, -0.05) is 91.0 Å². The van der Waals surface area contributed by atoms with E-state index in [1.807, 2.05) is 42.5 Å². The van der Waals surface area contributed by atoms with Gasteiger partial charge in [0.1, 0.15) is 6.07 Å². The van der Waals surface area contributed by atoms with E-state index in [0.29, 0.717) is 17.5 Å². The summed E-state index contributed by atoms with van der Waals surface area (Å²) in [5.74, 6) is 0. The molecule has 0 saturated heterocycles. The van der Waals surface area contributed by atoms with Gasteiger partial charge in [-0.3, -0.25) is 0 Å². The summed E-state index contributed by atoms with van der Waals surface area (Å²) in [5.41, 5.74) is 3.38. The monoisotopic (exact) mass is 418 g/mol. The summed E-state index contributed by atoms with van der Waals surface area (Å²) in [5, 5.41) is 28.6. The van der Waals surface area contributed by atoms with Crippen LogP contribution >= 0.6 is 0 Å². The normalized spacial score (nSPS) is 11.1. The summed E-state index contributed by atoms with van der Waals surface area (Å²) in [6.07, 6.45) is 0.597. The van der Waals surface area contributed by atoms with E-state index in [9.17, 15) is 10.5 Å². The van der Waals surface area contributed by atoms with Crippen LogP contribution in [0.5, 0.6) is 0 Å². The largest absolute Gasteiger partial charge is 0.192 e. The highest BCUT2D eigenvalue weighted by atomic mass is 14.3. The van der Waals surface area contributed by atoms with Crippen LogP contribution in [0.25, 0.3) is 43.1 Å². The lowest BCUT2D eigenvalue weighted by Gasteiger charge is -2.12. The molecule has 0 unspecified atom stereocenters. The zero-order valence-corrected chi connectivity index (χ0v) is 17.8. The van der Waals surface area contributed by atoms with Crippen LogP contribution in [-0.2, 0) is 6.42 Å². The topological polar surface area (TPSA) is 47.6 Å². The summed E-state index contributed by atoms with van der Waals surface area (Å²) in [7, 11) is 0. The first kappa shape index (κ1) is 19.1. The van der Waals surface area contributed by atoms with Gasteiger partial charge in [0.2, 0.25) is 0 Å². The van der Waals surface area contributed by atoms with Crippen molar-refractivity contribution < 1.29 is 0 Å². The molecule has 152 valence electrons. The molecule has 6 rings (SSSR count). The van der Waals surface area contributed by atoms with Crippen LogP contribution in [0.15, 0.2) is 97.1 Å². The highest BCUT2D eigenvalue weighted by Gasteiger charge is 2.13. The molecule has 6 aromatic carbocycles. The number of hydrogen-bond donors (Lipinski definition) is 0. The maximum absolute atomic E-state index is 10.1. The van der Waals surface area contributed by atoms with Gasteiger partial charge in [0, 0.05) is 10.8 Å². The Labute approximate surface area is 191 Å². The van der Waals surface area contributed by atoms with E-state index in [1.165, 1.54) is 5.39 Å². The molecular formula is C31H18N2. The van der Waals surface area contributed by atoms with E-state index in [2.05, 4.69) is 66.7 Å². The van der Waals surface area contributed by atoms with Gasteiger partial charge in [0.15, 0.2) is 0 Å². The lowest BCUT2D eigenvalue weighted by Crippen LogP contribution is -1.96. The molecule has 0 spiro atoms. The van der Waals surface area contributed by atoms with Crippen LogP contribution in [-0.4, -0.2) is 0 Å². The minimum Gasteiger partial charge on any atom is -0.192 e. The molecule has 0 aliphatic heterocycles. The lowest BCUT2D eigenvalue weighted by atomic mass is 9.90. The van der Waals surface area contributed by atoms with E-state index in [4.69, 9.17) is 0 Å². The van der Waals surface area contributed by atoms with E-state index < -0.39 is 0 Å². The molecule has 33 heavy (non-hydrogen) atoms. The first-order valence-corrected chi connectivity index (χ1v) is 10.9. The van der Waals surface area contributed by atoms with E-state index in [1.54, 1.807) is 0 Å². The number of rotatable bonds is 2. The molecule has 0 radical (unpaired) electrons. The summed E-state index contributed by atoms with van der Waals surface area (Å²) in [6.45, 7) is 0. The highest BCUT2D eigenvalue weighted by Crippen LogP contribution is 2.33. The maximum atomic E-state index is 10.1. The van der Waals surface area contributed by atoms with Crippen molar-refractivity contribution in [3.05, 3.63) is 119 Å². The van der Waals surface area contributed by atoms with Gasteiger partial charge in [-0.15, -0.1) is 0 Å². The molecule has 6 aromatic rings. The SMILES string of the molecule is N#Cc1cc(Cc2ccc3c(ccc4ccccc43)c2C#N)cc2c1ccc1ccccc12. The lowest BCUT2D eigenvalue weighted by molar-refractivity contribution is 1.19. The van der Waals surface area contributed by atoms with Crippen molar-refractivity contribution in [1.29, 1.82) is 10.5 Å². The molecule has 0 saturated carbocycles. The van der Waals surface area contributed by atoms with Crippen molar-refractivity contribution in [2.24, 2.45) is 0 Å². The number of benzene rings is 6. The third-order valence-corrected chi connectivity index (χ3v) is 6.56. The standard InChI is InChI=1S/C31H18N2/c32-18-24-16-20(17-30-26-8-4-2-6-22(26)9-12-27(24)30)15-23-11-14-28-25-7-3-1-5-21(25)10-13-29(28)31(23)19-33/h1-14,16-17H,15H2. The Morgan fingerprint density at radius 3 is 1.85 bits per heavy atom. The second-order valence-electron chi connectivity index (χ2n) is 8.41. The molecule has 0 aliphatic rings. The molecule has 2 nitrogen and oxygen atoms in total. The zero-order valence-electron chi connectivity index (χ0n) is 17.8. The molecule has 0 atom stereocenters. The fraction of sp³-hybridized carbons (Fsp3) is 0.0323. The van der Waals surface area contributed by atoms with Crippen molar-refractivity contribution in [3.63, 3.8) is 0 Å². The van der Waals surface area contributed by atoms with Crippen molar-refractivity contribution in [2.75, 3.05) is 0 Å². The van der Waals surface area contributed by atoms with Crippen molar-refractivity contribution in [3.8, 4) is 12.1 Å². The number of hydrogen-bond acceptors (Lipinski definition) is 2. The average Bonchev–Trinajstić information content (AvgIpc) is 2.87. The van der Waals surface area contributed by atoms with Gasteiger partial charge in [0.05, 0.1) is 17.2 Å². The van der Waals surface area contributed by atoms with Crippen molar-refractivity contribution in [1.82, 2.24) is 0 Å². The summed E-state index contributed by atoms with van der Waals surface area (Å²) in [4.78, 5) is 0. The van der Waals surface area contributed by atoms with Crippen LogP contribution in [0, 0.1) is 22.7 Å². The fourth-order valence-corrected chi connectivity index (χ4v) is 5.00. The minimum absolute atomic E-state index is 0.597. The summed E-state index contributed by atoms with van der Waals surface area (Å²) < 4.78 is 0. The van der Waals surface area contributed by atoms with Crippen LogP contribution in [0.1, 0.15) is 22.3 Å². The second-order valence-corrected chi connectivity index (χ2v) is 8.41. The van der Waals surface area contributed by atoms with Crippen LogP contribution in [0.4, 0.5) is 0 Å². The van der Waals surface area contributed by atoms with Crippen LogP contribution in [0.3, 0.4) is 0 Å². The predicted octanol–water partition coefficient (Wildman–Crippen LogP) is 7.63. The molecule has 2 heteroatoms. The zero-order chi connectivity index (χ0) is 22.4. The van der Waals surface area contributed by atoms with Crippen LogP contribution < -0.4 is 0 Å². The molecule has 0 aliphatic carbocycles. The van der Waals surface area contributed by atoms with Gasteiger partial charge in [0.25, 0.3) is 0 Å². The third-order valence-electron chi connectivity index (χ3n) is 6.56. The summed E-state index contributed by atoms with van der Waals surface area (Å²) >= 11 is 0. The van der Waals surface area contributed by atoms with E-state index in [-0.39, 0.29) is 0 Å². The van der Waals surface area contributed by atoms with Gasteiger partial charge in [-0.05, 0) is 55.9 Å².